The lowest BCUT2D eigenvalue weighted by atomic mass is 9.52. The zero-order chi connectivity index (χ0) is 30.3. The van der Waals surface area contributed by atoms with Crippen LogP contribution in [0.3, 0.4) is 0 Å². The zero-order valence-corrected chi connectivity index (χ0v) is 26.1. The standard InChI is InChI=1S/C31H41ClN4O6/c1-7-10-12-40-25-20-17(28(32)34-29(25)33-9-3)14-16-15-18-22(36(5)6)24-21(30(35-42-24)41-13-11-8-2)27(39)31(18,4)26(38)19(16)23(20)37/h16,18,22,37H,7-15H2,1-6H3,(H,33,34)/t16-,18-,22-,31+/m0/s1. The van der Waals surface area contributed by atoms with Crippen LogP contribution >= 0.6 is 11.6 Å². The lowest BCUT2D eigenvalue weighted by molar-refractivity contribution is -0.130. The predicted molar refractivity (Wildman–Crippen MR) is 159 cm³/mol. The number of fused-ring (bicyclic) bond motifs is 4. The SMILES string of the molecule is CCCCOc1noc2c1C(=O)[C@@]1(C)C(=O)C3=C(O)c4c(c(Cl)nc(NCC)c4OCCCC)C[C@H]3C[C@H]1[C@@H]2N(C)C. The molecule has 0 radical (unpaired) electrons. The molecule has 42 heavy (non-hydrogen) atoms. The number of allylic oxidation sites excluding steroid dienone is 1. The number of unbranched alkanes of at least 4 members (excludes halogenated alkanes) is 2. The zero-order valence-electron chi connectivity index (χ0n) is 25.3. The fraction of sp³-hybridized carbons (Fsp3) is 0.613. The van der Waals surface area contributed by atoms with E-state index in [1.54, 1.807) is 6.92 Å². The van der Waals surface area contributed by atoms with Crippen LogP contribution in [0.2, 0.25) is 5.15 Å². The van der Waals surface area contributed by atoms with E-state index >= 15 is 0 Å². The molecule has 2 aromatic heterocycles. The molecule has 0 unspecified atom stereocenters. The predicted octanol–water partition coefficient (Wildman–Crippen LogP) is 6.05. The number of aliphatic hydroxyl groups excluding tert-OH is 1. The van der Waals surface area contributed by atoms with Gasteiger partial charge in [0.2, 0.25) is 0 Å². The lowest BCUT2D eigenvalue weighted by Crippen LogP contribution is -2.56. The van der Waals surface area contributed by atoms with Crippen LogP contribution in [-0.2, 0) is 11.2 Å². The number of nitrogens with zero attached hydrogens (tertiary/aromatic N) is 3. The van der Waals surface area contributed by atoms with Crippen molar-refractivity contribution in [2.24, 2.45) is 17.3 Å². The first-order valence-electron chi connectivity index (χ1n) is 15.0. The van der Waals surface area contributed by atoms with Crippen molar-refractivity contribution < 1.29 is 28.7 Å². The topological polar surface area (TPSA) is 127 Å². The summed E-state index contributed by atoms with van der Waals surface area (Å²) in [6.07, 6.45) is 4.30. The van der Waals surface area contributed by atoms with Gasteiger partial charge in [0.25, 0.3) is 5.88 Å². The van der Waals surface area contributed by atoms with Crippen molar-refractivity contribution in [1.29, 1.82) is 0 Å². The molecule has 0 amide bonds. The molecule has 10 nitrogen and oxygen atoms in total. The molecule has 5 rings (SSSR count). The fourth-order valence-electron chi connectivity index (χ4n) is 6.78. The highest BCUT2D eigenvalue weighted by Gasteiger charge is 2.63. The molecule has 228 valence electrons. The smallest absolute Gasteiger partial charge is 0.265 e. The number of hydrogen-bond acceptors (Lipinski definition) is 10. The Hall–Kier alpha value is -3.11. The number of aromatic nitrogens is 2. The van der Waals surface area contributed by atoms with Crippen LogP contribution in [0.1, 0.15) is 93.1 Å². The molecule has 0 aliphatic heterocycles. The van der Waals surface area contributed by atoms with E-state index in [2.05, 4.69) is 22.4 Å². The molecule has 2 heterocycles. The van der Waals surface area contributed by atoms with Crippen LogP contribution in [-0.4, -0.2) is 65.6 Å². The van der Waals surface area contributed by atoms with E-state index in [1.807, 2.05) is 32.8 Å². The summed E-state index contributed by atoms with van der Waals surface area (Å²) in [5.74, 6) is -0.426. The van der Waals surface area contributed by atoms with Crippen LogP contribution < -0.4 is 14.8 Å². The minimum Gasteiger partial charge on any atom is -0.507 e. The summed E-state index contributed by atoms with van der Waals surface area (Å²) in [6.45, 7) is 9.11. The van der Waals surface area contributed by atoms with Gasteiger partial charge in [-0.05, 0) is 64.7 Å². The summed E-state index contributed by atoms with van der Waals surface area (Å²) in [4.78, 5) is 35.5. The molecule has 2 N–H and O–H groups in total. The third-order valence-corrected chi connectivity index (χ3v) is 9.28. The quantitative estimate of drug-likeness (QED) is 0.179. The number of pyridine rings is 1. The average molecular weight is 601 g/mol. The Morgan fingerprint density at radius 3 is 2.43 bits per heavy atom. The Balaban J connectivity index is 1.66. The van der Waals surface area contributed by atoms with Crippen LogP contribution in [0.5, 0.6) is 11.6 Å². The molecular weight excluding hydrogens is 560 g/mol. The number of ketones is 2. The Labute approximate surface area is 251 Å². The minimum atomic E-state index is -1.46. The van der Waals surface area contributed by atoms with E-state index < -0.39 is 23.2 Å². The second-order valence-corrected chi connectivity index (χ2v) is 12.2. The molecule has 2 aromatic rings. The summed E-state index contributed by atoms with van der Waals surface area (Å²) in [5.41, 5.74) is 0.0221. The van der Waals surface area contributed by atoms with E-state index in [1.165, 1.54) is 0 Å². The Morgan fingerprint density at radius 1 is 1.10 bits per heavy atom. The van der Waals surface area contributed by atoms with Gasteiger partial charge >= 0.3 is 0 Å². The second kappa shape index (κ2) is 11.9. The van der Waals surface area contributed by atoms with Crippen molar-refractivity contribution in [3.63, 3.8) is 0 Å². The van der Waals surface area contributed by atoms with Crippen molar-refractivity contribution >= 4 is 34.7 Å². The number of anilines is 1. The monoisotopic (exact) mass is 600 g/mol. The van der Waals surface area contributed by atoms with Gasteiger partial charge < -0.3 is 24.4 Å². The molecule has 4 atom stereocenters. The minimum absolute atomic E-state index is 0.122. The summed E-state index contributed by atoms with van der Waals surface area (Å²) >= 11 is 6.71. The largest absolute Gasteiger partial charge is 0.507 e. The molecule has 0 saturated heterocycles. The first-order valence-corrected chi connectivity index (χ1v) is 15.4. The number of ether oxygens (including phenoxy) is 2. The molecule has 0 spiro atoms. The van der Waals surface area contributed by atoms with Gasteiger partial charge in [-0.3, -0.25) is 14.5 Å². The maximum absolute atomic E-state index is 14.6. The third-order valence-electron chi connectivity index (χ3n) is 8.97. The third kappa shape index (κ3) is 4.67. The Kier molecular flexibility index (Phi) is 8.58. The van der Waals surface area contributed by atoms with Crippen molar-refractivity contribution in [2.45, 2.75) is 72.3 Å². The Morgan fingerprint density at radius 2 is 1.79 bits per heavy atom. The molecule has 1 fully saturated rings. The molecule has 1 saturated carbocycles. The molecule has 0 bridgehead atoms. The number of carbonyl (C=O) groups is 2. The van der Waals surface area contributed by atoms with Gasteiger partial charge in [-0.25, -0.2) is 4.98 Å². The van der Waals surface area contributed by atoms with Gasteiger partial charge in [-0.15, -0.1) is 0 Å². The molecule has 3 aliphatic carbocycles. The fourth-order valence-corrected chi connectivity index (χ4v) is 7.04. The van der Waals surface area contributed by atoms with Gasteiger partial charge in [0.15, 0.2) is 28.9 Å². The first-order chi connectivity index (χ1) is 20.1. The van der Waals surface area contributed by atoms with Gasteiger partial charge in [0, 0.05) is 23.6 Å². The van der Waals surface area contributed by atoms with Crippen molar-refractivity contribution in [1.82, 2.24) is 15.0 Å². The van der Waals surface area contributed by atoms with Crippen LogP contribution in [0.4, 0.5) is 5.82 Å². The summed E-state index contributed by atoms with van der Waals surface area (Å²) in [7, 11) is 3.80. The maximum atomic E-state index is 14.6. The number of carbonyl (C=O) groups excluding carboxylic acids is 2. The number of halogens is 1. The highest BCUT2D eigenvalue weighted by molar-refractivity contribution is 6.31. The lowest BCUT2D eigenvalue weighted by Gasteiger charge is -2.50. The molecule has 3 aliphatic rings. The number of rotatable bonds is 11. The van der Waals surface area contributed by atoms with E-state index in [0.717, 1.165) is 25.7 Å². The van der Waals surface area contributed by atoms with Crippen molar-refractivity contribution in [3.8, 4) is 11.6 Å². The highest BCUT2D eigenvalue weighted by Crippen LogP contribution is 2.60. The number of nitrogens with one attached hydrogen (secondary N) is 1. The normalized spacial score (nSPS) is 24.7. The van der Waals surface area contributed by atoms with Crippen LogP contribution in [0.25, 0.3) is 5.76 Å². The van der Waals surface area contributed by atoms with Gasteiger partial charge in [-0.1, -0.05) is 38.3 Å². The van der Waals surface area contributed by atoms with E-state index in [9.17, 15) is 14.7 Å². The number of aliphatic hydroxyl groups is 1. The Bertz CT molecular complexity index is 1420. The van der Waals surface area contributed by atoms with E-state index in [0.29, 0.717) is 61.1 Å². The number of hydrogen-bond donors (Lipinski definition) is 2. The first kappa shape index (κ1) is 30.4. The number of Topliss-reactive ketones (excluding diaryl/α,β-unsaturated/α-hetero) is 2. The summed E-state index contributed by atoms with van der Waals surface area (Å²) < 4.78 is 17.8. The second-order valence-electron chi connectivity index (χ2n) is 11.9. The molecule has 11 heteroatoms. The van der Waals surface area contributed by atoms with Crippen molar-refractivity contribution in [3.05, 3.63) is 33.2 Å². The summed E-state index contributed by atoms with van der Waals surface area (Å²) in [6, 6.07) is -0.398. The molecule has 0 aromatic carbocycles. The van der Waals surface area contributed by atoms with Gasteiger partial charge in [0.05, 0.1) is 30.2 Å². The average Bonchev–Trinajstić information content (AvgIpc) is 3.36. The summed E-state index contributed by atoms with van der Waals surface area (Å²) in [5, 5.41) is 19.4. The van der Waals surface area contributed by atoms with E-state index in [-0.39, 0.29) is 39.6 Å². The highest BCUT2D eigenvalue weighted by atomic mass is 35.5. The maximum Gasteiger partial charge on any atom is 0.265 e. The van der Waals surface area contributed by atoms with Crippen LogP contribution in [0.15, 0.2) is 10.1 Å². The van der Waals surface area contributed by atoms with Gasteiger partial charge in [-0.2, -0.15) is 0 Å². The van der Waals surface area contributed by atoms with Gasteiger partial charge in [0.1, 0.15) is 16.5 Å². The molecular formula is C31H41ClN4O6. The van der Waals surface area contributed by atoms with Crippen LogP contribution in [0, 0.1) is 17.3 Å². The van der Waals surface area contributed by atoms with Crippen molar-refractivity contribution in [2.75, 3.05) is 39.2 Å². The van der Waals surface area contributed by atoms with E-state index in [4.69, 9.17) is 25.6 Å².